The molecule has 4 N–H and O–H groups in total. The predicted molar refractivity (Wildman–Crippen MR) is 154 cm³/mol. The fraction of sp³-hybridized carbons (Fsp3) is 0.286. The average Bonchev–Trinajstić information content (AvgIpc) is 2.97. The Balaban J connectivity index is 1.67. The summed E-state index contributed by atoms with van der Waals surface area (Å²) in [5, 5.41) is 17.0. The molecular weight excluding hydrogens is 480 g/mol. The number of nitrogens with one attached hydrogen (secondary N) is 4. The molecular formula is C28H34N8O2. The van der Waals surface area contributed by atoms with Crippen molar-refractivity contribution in [3.63, 3.8) is 0 Å². The molecule has 38 heavy (non-hydrogen) atoms. The molecule has 198 valence electrons. The zero-order chi connectivity index (χ0) is 27.1. The molecule has 1 fully saturated rings. The summed E-state index contributed by atoms with van der Waals surface area (Å²) < 4.78 is 5.74. The van der Waals surface area contributed by atoms with E-state index in [9.17, 15) is 4.79 Å². The number of nitrogens with zero attached hydrogens (tertiary/aromatic N) is 4. The number of methoxy groups -OCH3 is 1. The Morgan fingerprint density at radius 3 is 2.55 bits per heavy atom. The molecule has 10 nitrogen and oxygen atoms in total. The smallest absolute Gasteiger partial charge is 0.247 e. The molecule has 1 aromatic heterocycles. The van der Waals surface area contributed by atoms with Crippen molar-refractivity contribution in [2.24, 2.45) is 0 Å². The largest absolute Gasteiger partial charge is 0.494 e. The molecule has 10 heteroatoms. The highest BCUT2D eigenvalue weighted by Crippen LogP contribution is 2.39. The van der Waals surface area contributed by atoms with Gasteiger partial charge in [-0.15, -0.1) is 0 Å². The van der Waals surface area contributed by atoms with E-state index in [-0.39, 0.29) is 5.91 Å². The van der Waals surface area contributed by atoms with Gasteiger partial charge in [-0.1, -0.05) is 25.6 Å². The highest BCUT2D eigenvalue weighted by atomic mass is 16.5. The van der Waals surface area contributed by atoms with E-state index < -0.39 is 0 Å². The molecule has 2 aromatic carbocycles. The van der Waals surface area contributed by atoms with Crippen molar-refractivity contribution in [1.82, 2.24) is 14.9 Å². The van der Waals surface area contributed by atoms with Crippen molar-refractivity contribution in [3.8, 4) is 17.0 Å². The zero-order valence-corrected chi connectivity index (χ0v) is 22.0. The summed E-state index contributed by atoms with van der Waals surface area (Å²) in [6.45, 7) is 10.4. The molecule has 0 atom stereocenters. The van der Waals surface area contributed by atoms with Crippen LogP contribution in [0.3, 0.4) is 0 Å². The van der Waals surface area contributed by atoms with Crippen LogP contribution in [0.1, 0.15) is 12.5 Å². The first-order chi connectivity index (χ1) is 18.5. The molecule has 0 bridgehead atoms. The minimum atomic E-state index is -0.285. The topological polar surface area (TPSA) is 118 Å². The van der Waals surface area contributed by atoms with E-state index in [1.165, 1.54) is 18.6 Å². The predicted octanol–water partition coefficient (Wildman–Crippen LogP) is 4.20. The standard InChI is InChI=1S/C28H34N8O2/c1-5-28(37)34-23-14-24(26(38-4)16-25(23)36-11-9-35(6-2)10-12-36)33-27-15-22(31-18-32-27)19-7-8-20(17-29)21(13-19)30-3/h5,7-8,13-18,29-30H,1,6,9-12H2,2-4H3,(H,34,37)(H,31,32,33). The minimum absolute atomic E-state index is 0.285. The van der Waals surface area contributed by atoms with Crippen LogP contribution in [0.15, 0.2) is 55.4 Å². The number of piperazine rings is 1. The van der Waals surface area contributed by atoms with Crippen LogP contribution in [0.25, 0.3) is 11.3 Å². The van der Waals surface area contributed by atoms with E-state index in [1.54, 1.807) is 7.11 Å². The van der Waals surface area contributed by atoms with Crippen molar-refractivity contribution in [3.05, 3.63) is 60.9 Å². The van der Waals surface area contributed by atoms with Crippen LogP contribution >= 0.6 is 0 Å². The quantitative estimate of drug-likeness (QED) is 0.235. The van der Waals surface area contributed by atoms with Gasteiger partial charge in [0.2, 0.25) is 5.91 Å². The second-order valence-corrected chi connectivity index (χ2v) is 8.79. The van der Waals surface area contributed by atoms with Gasteiger partial charge < -0.3 is 35.9 Å². The Kier molecular flexibility index (Phi) is 8.55. The Bertz CT molecular complexity index is 1320. The van der Waals surface area contributed by atoms with Gasteiger partial charge in [0.05, 0.1) is 29.9 Å². The molecule has 2 heterocycles. The molecule has 1 aliphatic heterocycles. The first kappa shape index (κ1) is 26.6. The van der Waals surface area contributed by atoms with E-state index in [1.807, 2.05) is 43.4 Å². The Morgan fingerprint density at radius 1 is 1.11 bits per heavy atom. The Labute approximate surface area is 223 Å². The van der Waals surface area contributed by atoms with Crippen LogP contribution in [-0.2, 0) is 4.79 Å². The lowest BCUT2D eigenvalue weighted by molar-refractivity contribution is -0.111. The van der Waals surface area contributed by atoms with Crippen LogP contribution in [-0.4, -0.2) is 73.9 Å². The molecule has 3 aromatic rings. The van der Waals surface area contributed by atoms with E-state index in [4.69, 9.17) is 10.1 Å². The van der Waals surface area contributed by atoms with Crippen molar-refractivity contribution < 1.29 is 9.53 Å². The number of hydrogen-bond donors (Lipinski definition) is 4. The summed E-state index contributed by atoms with van der Waals surface area (Å²) in [6.07, 6.45) is 4.07. The number of carbonyl (C=O) groups excluding carboxylic acids is 1. The molecule has 1 aliphatic rings. The highest BCUT2D eigenvalue weighted by molar-refractivity contribution is 6.02. The van der Waals surface area contributed by atoms with Gasteiger partial charge in [-0.3, -0.25) is 4.79 Å². The zero-order valence-electron chi connectivity index (χ0n) is 22.0. The Hall–Kier alpha value is -4.44. The van der Waals surface area contributed by atoms with Crippen molar-refractivity contribution in [1.29, 1.82) is 5.41 Å². The number of hydrogen-bond acceptors (Lipinski definition) is 9. The fourth-order valence-electron chi connectivity index (χ4n) is 4.47. The summed E-state index contributed by atoms with van der Waals surface area (Å²) in [6, 6.07) is 11.4. The number of rotatable bonds is 10. The lowest BCUT2D eigenvalue weighted by atomic mass is 10.1. The van der Waals surface area contributed by atoms with Gasteiger partial charge in [0, 0.05) is 68.4 Å². The summed E-state index contributed by atoms with van der Waals surface area (Å²) in [5.41, 5.74) is 5.45. The van der Waals surface area contributed by atoms with E-state index in [0.717, 1.165) is 60.9 Å². The van der Waals surface area contributed by atoms with Crippen LogP contribution in [0.2, 0.25) is 0 Å². The molecule has 0 saturated carbocycles. The number of aromatic nitrogens is 2. The second-order valence-electron chi connectivity index (χ2n) is 8.79. The number of amides is 1. The van der Waals surface area contributed by atoms with Crippen LogP contribution < -0.4 is 25.6 Å². The maximum atomic E-state index is 12.3. The molecule has 1 saturated heterocycles. The Morgan fingerprint density at radius 2 is 1.89 bits per heavy atom. The fourth-order valence-corrected chi connectivity index (χ4v) is 4.47. The third kappa shape index (κ3) is 5.92. The number of anilines is 5. The molecule has 0 aliphatic carbocycles. The van der Waals surface area contributed by atoms with Gasteiger partial charge in [-0.05, 0) is 24.8 Å². The van der Waals surface area contributed by atoms with Crippen molar-refractivity contribution in [2.45, 2.75) is 6.92 Å². The van der Waals surface area contributed by atoms with E-state index in [0.29, 0.717) is 22.9 Å². The number of likely N-dealkylation sites (N-methyl/N-ethyl adjacent to an activating group) is 1. The van der Waals surface area contributed by atoms with Gasteiger partial charge in [-0.2, -0.15) is 0 Å². The maximum absolute atomic E-state index is 12.3. The molecule has 0 spiro atoms. The monoisotopic (exact) mass is 514 g/mol. The summed E-state index contributed by atoms with van der Waals surface area (Å²) >= 11 is 0. The van der Waals surface area contributed by atoms with Crippen LogP contribution in [0.4, 0.5) is 28.6 Å². The van der Waals surface area contributed by atoms with Gasteiger partial charge in [-0.25, -0.2) is 9.97 Å². The molecule has 1 amide bonds. The first-order valence-electron chi connectivity index (χ1n) is 12.5. The van der Waals surface area contributed by atoms with Gasteiger partial charge in [0.1, 0.15) is 17.9 Å². The first-order valence-corrected chi connectivity index (χ1v) is 12.5. The van der Waals surface area contributed by atoms with E-state index >= 15 is 0 Å². The third-order valence-corrected chi connectivity index (χ3v) is 6.62. The second kappa shape index (κ2) is 12.2. The van der Waals surface area contributed by atoms with Crippen molar-refractivity contribution in [2.75, 3.05) is 67.7 Å². The lowest BCUT2D eigenvalue weighted by Crippen LogP contribution is -2.46. The summed E-state index contributed by atoms with van der Waals surface area (Å²) in [4.78, 5) is 25.8. The van der Waals surface area contributed by atoms with E-state index in [2.05, 4.69) is 49.2 Å². The number of ether oxygens (including phenoxy) is 1. The normalized spacial score (nSPS) is 13.5. The molecule has 0 unspecified atom stereocenters. The summed E-state index contributed by atoms with van der Waals surface area (Å²) in [7, 11) is 3.44. The SMILES string of the molecule is C=CC(=O)Nc1cc(Nc2cc(-c3ccc(C=N)c(NC)c3)ncn2)c(OC)cc1N1CCN(CC)CC1. The number of benzene rings is 2. The van der Waals surface area contributed by atoms with Gasteiger partial charge in [0.25, 0.3) is 0 Å². The molecule has 0 radical (unpaired) electrons. The van der Waals surface area contributed by atoms with Crippen LogP contribution in [0, 0.1) is 5.41 Å². The van der Waals surface area contributed by atoms with Gasteiger partial charge >= 0.3 is 0 Å². The maximum Gasteiger partial charge on any atom is 0.247 e. The minimum Gasteiger partial charge on any atom is -0.494 e. The number of carbonyl (C=O) groups is 1. The van der Waals surface area contributed by atoms with Crippen molar-refractivity contribution >= 4 is 40.7 Å². The third-order valence-electron chi connectivity index (χ3n) is 6.62. The lowest BCUT2D eigenvalue weighted by Gasteiger charge is -2.36. The molecule has 4 rings (SSSR count). The van der Waals surface area contributed by atoms with Gasteiger partial charge in [0.15, 0.2) is 0 Å². The highest BCUT2D eigenvalue weighted by Gasteiger charge is 2.21. The average molecular weight is 515 g/mol. The van der Waals surface area contributed by atoms with Crippen LogP contribution in [0.5, 0.6) is 5.75 Å². The summed E-state index contributed by atoms with van der Waals surface area (Å²) in [5.74, 6) is 0.913.